The van der Waals surface area contributed by atoms with Crippen molar-refractivity contribution < 1.29 is 13.9 Å². The molecular formula is C23H22BrFN2O2. The minimum absolute atomic E-state index is 0.142. The Labute approximate surface area is 178 Å². The second kappa shape index (κ2) is 10.1. The SMILES string of the molecule is CCc1ccc(NCc2ccc(OCC(=O)Nc3ccc(F)cc3)c(Br)c2)cc1. The molecule has 3 aromatic rings. The van der Waals surface area contributed by atoms with Crippen LogP contribution in [-0.4, -0.2) is 12.5 Å². The third kappa shape index (κ3) is 6.32. The number of ether oxygens (including phenoxy) is 1. The molecule has 0 bridgehead atoms. The van der Waals surface area contributed by atoms with Crippen LogP contribution in [0.4, 0.5) is 15.8 Å². The molecule has 2 N–H and O–H groups in total. The number of benzene rings is 3. The van der Waals surface area contributed by atoms with Crippen molar-refractivity contribution in [2.45, 2.75) is 19.9 Å². The summed E-state index contributed by atoms with van der Waals surface area (Å²) in [5, 5.41) is 6.05. The molecule has 0 unspecified atom stereocenters. The van der Waals surface area contributed by atoms with Crippen molar-refractivity contribution in [3.8, 4) is 5.75 Å². The fourth-order valence-corrected chi connectivity index (χ4v) is 3.25. The first-order valence-electron chi connectivity index (χ1n) is 9.33. The van der Waals surface area contributed by atoms with Crippen LogP contribution in [0.25, 0.3) is 0 Å². The van der Waals surface area contributed by atoms with Crippen LogP contribution in [0.2, 0.25) is 0 Å². The van der Waals surface area contributed by atoms with Crippen molar-refractivity contribution in [1.82, 2.24) is 0 Å². The molecule has 1 amide bonds. The maximum Gasteiger partial charge on any atom is 0.262 e. The Morgan fingerprint density at radius 2 is 1.62 bits per heavy atom. The topological polar surface area (TPSA) is 50.4 Å². The first kappa shape index (κ1) is 20.9. The van der Waals surface area contributed by atoms with Crippen molar-refractivity contribution in [2.75, 3.05) is 17.2 Å². The third-order valence-corrected chi connectivity index (χ3v) is 4.96. The van der Waals surface area contributed by atoms with Crippen molar-refractivity contribution in [3.05, 3.63) is 88.1 Å². The van der Waals surface area contributed by atoms with E-state index in [9.17, 15) is 9.18 Å². The van der Waals surface area contributed by atoms with Crippen molar-refractivity contribution in [1.29, 1.82) is 0 Å². The van der Waals surface area contributed by atoms with Crippen LogP contribution in [0.3, 0.4) is 0 Å². The minimum Gasteiger partial charge on any atom is -0.483 e. The number of anilines is 2. The van der Waals surface area contributed by atoms with E-state index in [1.807, 2.05) is 18.2 Å². The van der Waals surface area contributed by atoms with Crippen LogP contribution in [0.15, 0.2) is 71.2 Å². The molecule has 0 saturated carbocycles. The molecule has 0 aliphatic carbocycles. The molecule has 0 fully saturated rings. The molecule has 0 radical (unpaired) electrons. The molecule has 4 nitrogen and oxygen atoms in total. The number of hydrogen-bond donors (Lipinski definition) is 2. The summed E-state index contributed by atoms with van der Waals surface area (Å²) in [6, 6.07) is 19.7. The summed E-state index contributed by atoms with van der Waals surface area (Å²) >= 11 is 3.49. The van der Waals surface area contributed by atoms with Gasteiger partial charge in [-0.15, -0.1) is 0 Å². The van der Waals surface area contributed by atoms with Crippen molar-refractivity contribution in [3.63, 3.8) is 0 Å². The molecular weight excluding hydrogens is 435 g/mol. The van der Waals surface area contributed by atoms with Crippen LogP contribution >= 0.6 is 15.9 Å². The zero-order valence-corrected chi connectivity index (χ0v) is 17.6. The van der Waals surface area contributed by atoms with E-state index in [0.717, 1.165) is 22.1 Å². The van der Waals surface area contributed by atoms with Crippen LogP contribution in [0.1, 0.15) is 18.1 Å². The van der Waals surface area contributed by atoms with Gasteiger partial charge in [0.05, 0.1) is 4.47 Å². The standard InChI is InChI=1S/C23H22BrFN2O2/c1-2-16-3-8-19(9-4-16)26-14-17-5-12-22(21(24)13-17)29-15-23(28)27-20-10-6-18(25)7-11-20/h3-13,26H,2,14-15H2,1H3,(H,27,28). The van der Waals surface area contributed by atoms with Gasteiger partial charge in [-0.2, -0.15) is 0 Å². The van der Waals surface area contributed by atoms with Gasteiger partial charge in [-0.25, -0.2) is 4.39 Å². The fraction of sp³-hybridized carbons (Fsp3) is 0.174. The Morgan fingerprint density at radius 1 is 0.966 bits per heavy atom. The van der Waals surface area contributed by atoms with E-state index in [1.165, 1.54) is 29.8 Å². The van der Waals surface area contributed by atoms with Gasteiger partial charge in [0.1, 0.15) is 11.6 Å². The van der Waals surface area contributed by atoms with E-state index in [2.05, 4.69) is 57.8 Å². The van der Waals surface area contributed by atoms with E-state index in [4.69, 9.17) is 4.74 Å². The highest BCUT2D eigenvalue weighted by Crippen LogP contribution is 2.26. The van der Waals surface area contributed by atoms with E-state index < -0.39 is 0 Å². The maximum atomic E-state index is 12.9. The molecule has 0 spiro atoms. The van der Waals surface area contributed by atoms with E-state index >= 15 is 0 Å². The lowest BCUT2D eigenvalue weighted by molar-refractivity contribution is -0.118. The number of amides is 1. The number of carbonyl (C=O) groups excluding carboxylic acids is 1. The Hall–Kier alpha value is -2.86. The van der Waals surface area contributed by atoms with E-state index in [-0.39, 0.29) is 18.3 Å². The molecule has 0 saturated heterocycles. The van der Waals surface area contributed by atoms with Gasteiger partial charge >= 0.3 is 0 Å². The van der Waals surface area contributed by atoms with Gasteiger partial charge in [0.15, 0.2) is 6.61 Å². The van der Waals surface area contributed by atoms with Gasteiger partial charge in [-0.3, -0.25) is 4.79 Å². The number of carbonyl (C=O) groups is 1. The van der Waals surface area contributed by atoms with Gasteiger partial charge in [0.25, 0.3) is 5.91 Å². The number of halogens is 2. The first-order valence-corrected chi connectivity index (χ1v) is 10.1. The summed E-state index contributed by atoms with van der Waals surface area (Å²) in [6.45, 7) is 2.67. The van der Waals surface area contributed by atoms with Gasteiger partial charge in [0, 0.05) is 17.9 Å². The highest BCUT2D eigenvalue weighted by Gasteiger charge is 2.07. The van der Waals surface area contributed by atoms with Crippen LogP contribution in [-0.2, 0) is 17.8 Å². The summed E-state index contributed by atoms with van der Waals surface area (Å²) in [7, 11) is 0. The lowest BCUT2D eigenvalue weighted by atomic mass is 10.1. The van der Waals surface area contributed by atoms with Crippen LogP contribution in [0.5, 0.6) is 5.75 Å². The molecule has 150 valence electrons. The fourth-order valence-electron chi connectivity index (χ4n) is 2.71. The smallest absolute Gasteiger partial charge is 0.262 e. The Bertz CT molecular complexity index is 960. The number of hydrogen-bond acceptors (Lipinski definition) is 3. The quantitative estimate of drug-likeness (QED) is 0.451. The Morgan fingerprint density at radius 3 is 2.28 bits per heavy atom. The molecule has 29 heavy (non-hydrogen) atoms. The van der Waals surface area contributed by atoms with E-state index in [1.54, 1.807) is 0 Å². The van der Waals surface area contributed by atoms with Gasteiger partial charge in [-0.05, 0) is 82.0 Å². The molecule has 0 aliphatic rings. The molecule has 0 heterocycles. The predicted molar refractivity (Wildman–Crippen MR) is 118 cm³/mol. The maximum absolute atomic E-state index is 12.9. The molecule has 3 aromatic carbocycles. The van der Waals surface area contributed by atoms with Crippen LogP contribution in [0, 0.1) is 5.82 Å². The lowest BCUT2D eigenvalue weighted by Crippen LogP contribution is -2.20. The molecule has 0 aliphatic heterocycles. The normalized spacial score (nSPS) is 10.4. The zero-order chi connectivity index (χ0) is 20.6. The average Bonchev–Trinajstić information content (AvgIpc) is 2.73. The summed E-state index contributed by atoms with van der Waals surface area (Å²) in [5.74, 6) is -0.0872. The molecule has 6 heteroatoms. The average molecular weight is 457 g/mol. The Kier molecular flexibility index (Phi) is 7.25. The van der Waals surface area contributed by atoms with Gasteiger partial charge < -0.3 is 15.4 Å². The van der Waals surface area contributed by atoms with Crippen LogP contribution < -0.4 is 15.4 Å². The summed E-state index contributed by atoms with van der Waals surface area (Å²) in [6.07, 6.45) is 1.02. The Balaban J connectivity index is 1.50. The number of aryl methyl sites for hydroxylation is 1. The zero-order valence-electron chi connectivity index (χ0n) is 16.0. The highest BCUT2D eigenvalue weighted by atomic mass is 79.9. The van der Waals surface area contributed by atoms with Crippen molar-refractivity contribution in [2.24, 2.45) is 0 Å². The van der Waals surface area contributed by atoms with Gasteiger partial charge in [-0.1, -0.05) is 25.1 Å². The molecule has 0 atom stereocenters. The monoisotopic (exact) mass is 456 g/mol. The third-order valence-electron chi connectivity index (χ3n) is 4.34. The van der Waals surface area contributed by atoms with Crippen molar-refractivity contribution >= 4 is 33.2 Å². The van der Waals surface area contributed by atoms with Gasteiger partial charge in [0.2, 0.25) is 0 Å². The number of nitrogens with one attached hydrogen (secondary N) is 2. The summed E-state index contributed by atoms with van der Waals surface area (Å²) in [4.78, 5) is 12.0. The summed E-state index contributed by atoms with van der Waals surface area (Å²) in [5.41, 5.74) is 3.98. The highest BCUT2D eigenvalue weighted by molar-refractivity contribution is 9.10. The second-order valence-electron chi connectivity index (χ2n) is 6.51. The first-order chi connectivity index (χ1) is 14.0. The lowest BCUT2D eigenvalue weighted by Gasteiger charge is -2.11. The predicted octanol–water partition coefficient (Wildman–Crippen LogP) is 5.78. The second-order valence-corrected chi connectivity index (χ2v) is 7.37. The minimum atomic E-state index is -0.351. The molecule has 0 aromatic heterocycles. The largest absolute Gasteiger partial charge is 0.483 e. The molecule has 3 rings (SSSR count). The number of rotatable bonds is 8. The summed E-state index contributed by atoms with van der Waals surface area (Å²) < 4.78 is 19.3. The van der Waals surface area contributed by atoms with E-state index in [0.29, 0.717) is 18.0 Å².